The summed E-state index contributed by atoms with van der Waals surface area (Å²) in [6, 6.07) is 10.6. The summed E-state index contributed by atoms with van der Waals surface area (Å²) in [6.45, 7) is 4.11. The normalized spacial score (nSPS) is 15.8. The van der Waals surface area contributed by atoms with E-state index in [9.17, 15) is 0 Å². The first-order valence-corrected chi connectivity index (χ1v) is 6.23. The van der Waals surface area contributed by atoms with Gasteiger partial charge >= 0.3 is 0 Å². The molecular weight excluding hydrogens is 224 g/mol. The summed E-state index contributed by atoms with van der Waals surface area (Å²) in [4.78, 5) is 12.9. The van der Waals surface area contributed by atoms with Gasteiger partial charge in [0, 0.05) is 31.9 Å². The largest absolute Gasteiger partial charge is 0.368 e. The lowest BCUT2D eigenvalue weighted by Gasteiger charge is -2.37. The van der Waals surface area contributed by atoms with E-state index in [0.717, 1.165) is 31.9 Å². The van der Waals surface area contributed by atoms with Gasteiger partial charge in [0.1, 0.15) is 6.33 Å². The van der Waals surface area contributed by atoms with Gasteiger partial charge in [0.15, 0.2) is 0 Å². The van der Waals surface area contributed by atoms with E-state index in [1.807, 2.05) is 12.4 Å². The number of aromatic nitrogens is 2. The van der Waals surface area contributed by atoms with Crippen molar-refractivity contribution >= 4 is 11.4 Å². The number of hydrogen-bond donors (Lipinski definition) is 0. The fraction of sp³-hybridized carbons (Fsp3) is 0.286. The van der Waals surface area contributed by atoms with Gasteiger partial charge in [-0.2, -0.15) is 0 Å². The van der Waals surface area contributed by atoms with E-state index < -0.39 is 0 Å². The van der Waals surface area contributed by atoms with Crippen molar-refractivity contribution in [2.24, 2.45) is 0 Å². The number of rotatable bonds is 2. The molecule has 0 N–H and O–H groups in total. The summed E-state index contributed by atoms with van der Waals surface area (Å²) < 4.78 is 0. The van der Waals surface area contributed by atoms with Crippen molar-refractivity contribution in [1.29, 1.82) is 0 Å². The molecule has 4 heteroatoms. The van der Waals surface area contributed by atoms with Crippen LogP contribution < -0.4 is 9.80 Å². The number of hydrogen-bond acceptors (Lipinski definition) is 4. The molecule has 0 unspecified atom stereocenters. The molecule has 3 rings (SSSR count). The Hall–Kier alpha value is -2.10. The maximum absolute atomic E-state index is 4.07. The van der Waals surface area contributed by atoms with Crippen LogP contribution in [-0.2, 0) is 0 Å². The Labute approximate surface area is 107 Å². The van der Waals surface area contributed by atoms with Crippen LogP contribution in [0.1, 0.15) is 0 Å². The van der Waals surface area contributed by atoms with Crippen LogP contribution in [0, 0.1) is 0 Å². The highest BCUT2D eigenvalue weighted by atomic mass is 15.3. The molecule has 1 aromatic carbocycles. The van der Waals surface area contributed by atoms with Gasteiger partial charge in [-0.25, -0.2) is 9.97 Å². The molecule has 0 saturated carbocycles. The van der Waals surface area contributed by atoms with Crippen LogP contribution in [0.3, 0.4) is 0 Å². The second kappa shape index (κ2) is 5.04. The molecule has 1 fully saturated rings. The summed E-state index contributed by atoms with van der Waals surface area (Å²) in [5, 5.41) is 0. The van der Waals surface area contributed by atoms with Crippen molar-refractivity contribution < 1.29 is 0 Å². The molecule has 1 aliphatic heterocycles. The number of para-hydroxylation sites is 1. The van der Waals surface area contributed by atoms with Crippen LogP contribution in [0.5, 0.6) is 0 Å². The van der Waals surface area contributed by atoms with Gasteiger partial charge in [0.05, 0.1) is 18.1 Å². The van der Waals surface area contributed by atoms with Crippen molar-refractivity contribution in [2.75, 3.05) is 36.0 Å². The monoisotopic (exact) mass is 240 g/mol. The minimum atomic E-state index is 1.02. The quantitative estimate of drug-likeness (QED) is 0.801. The molecule has 1 aromatic heterocycles. The maximum Gasteiger partial charge on any atom is 0.115 e. The van der Waals surface area contributed by atoms with E-state index in [1.54, 1.807) is 6.33 Å². The Bertz CT molecular complexity index is 430. The van der Waals surface area contributed by atoms with E-state index in [0.29, 0.717) is 0 Å². The summed E-state index contributed by atoms with van der Waals surface area (Å²) in [6.07, 6.45) is 5.33. The zero-order valence-corrected chi connectivity index (χ0v) is 10.2. The Kier molecular flexibility index (Phi) is 3.08. The molecule has 18 heavy (non-hydrogen) atoms. The lowest BCUT2D eigenvalue weighted by molar-refractivity contribution is 0.651. The number of benzene rings is 1. The highest BCUT2D eigenvalue weighted by molar-refractivity contribution is 5.49. The lowest BCUT2D eigenvalue weighted by atomic mass is 10.2. The smallest absolute Gasteiger partial charge is 0.115 e. The molecule has 1 aliphatic rings. The van der Waals surface area contributed by atoms with Crippen LogP contribution in [0.25, 0.3) is 0 Å². The molecule has 0 spiro atoms. The van der Waals surface area contributed by atoms with E-state index in [-0.39, 0.29) is 0 Å². The molecule has 0 amide bonds. The molecule has 0 aliphatic carbocycles. The third-order valence-corrected chi connectivity index (χ3v) is 3.31. The predicted octanol–water partition coefficient (Wildman–Crippen LogP) is 1.80. The Morgan fingerprint density at radius 1 is 0.722 bits per heavy atom. The Morgan fingerprint density at radius 3 is 1.89 bits per heavy atom. The maximum atomic E-state index is 4.07. The molecular formula is C14H16N4. The standard InChI is InChI=1S/C14H16N4/c1-2-4-13(5-3-1)17-6-8-18(9-7-17)14-10-15-12-16-11-14/h1-5,10-12H,6-9H2. The SMILES string of the molecule is c1ccc(N2CCN(c3cncnc3)CC2)cc1. The van der Waals surface area contributed by atoms with Gasteiger partial charge < -0.3 is 9.80 Å². The summed E-state index contributed by atoms with van der Waals surface area (Å²) >= 11 is 0. The first-order chi connectivity index (χ1) is 8.93. The summed E-state index contributed by atoms with van der Waals surface area (Å²) in [5.74, 6) is 0. The van der Waals surface area contributed by atoms with Crippen LogP contribution in [0.4, 0.5) is 11.4 Å². The highest BCUT2D eigenvalue weighted by Gasteiger charge is 2.17. The number of anilines is 2. The van der Waals surface area contributed by atoms with Crippen molar-refractivity contribution in [3.63, 3.8) is 0 Å². The number of piperazine rings is 1. The minimum absolute atomic E-state index is 1.02. The second-order valence-corrected chi connectivity index (χ2v) is 4.41. The predicted molar refractivity (Wildman–Crippen MR) is 72.9 cm³/mol. The van der Waals surface area contributed by atoms with Crippen LogP contribution >= 0.6 is 0 Å². The zero-order valence-electron chi connectivity index (χ0n) is 10.2. The molecule has 1 saturated heterocycles. The van der Waals surface area contributed by atoms with E-state index in [2.05, 4.69) is 50.1 Å². The van der Waals surface area contributed by atoms with Gasteiger partial charge in [0.25, 0.3) is 0 Å². The number of nitrogens with zero attached hydrogens (tertiary/aromatic N) is 4. The zero-order chi connectivity index (χ0) is 12.2. The van der Waals surface area contributed by atoms with Crippen molar-refractivity contribution in [3.05, 3.63) is 49.1 Å². The average molecular weight is 240 g/mol. The van der Waals surface area contributed by atoms with Crippen LogP contribution in [-0.4, -0.2) is 36.1 Å². The molecule has 92 valence electrons. The lowest BCUT2D eigenvalue weighted by Crippen LogP contribution is -2.46. The third kappa shape index (κ3) is 2.27. The first-order valence-electron chi connectivity index (χ1n) is 6.23. The van der Waals surface area contributed by atoms with Crippen molar-refractivity contribution in [2.45, 2.75) is 0 Å². The molecule has 2 heterocycles. The molecule has 0 radical (unpaired) electrons. The van der Waals surface area contributed by atoms with Gasteiger partial charge in [-0.15, -0.1) is 0 Å². The van der Waals surface area contributed by atoms with Gasteiger partial charge in [-0.05, 0) is 12.1 Å². The van der Waals surface area contributed by atoms with E-state index in [1.165, 1.54) is 5.69 Å². The third-order valence-electron chi connectivity index (χ3n) is 3.31. The summed E-state index contributed by atoms with van der Waals surface area (Å²) in [5.41, 5.74) is 2.42. The average Bonchev–Trinajstić information content (AvgIpc) is 2.49. The second-order valence-electron chi connectivity index (χ2n) is 4.41. The van der Waals surface area contributed by atoms with Gasteiger partial charge in [-0.3, -0.25) is 0 Å². The molecule has 0 bridgehead atoms. The van der Waals surface area contributed by atoms with E-state index >= 15 is 0 Å². The molecule has 2 aromatic rings. The summed E-state index contributed by atoms with van der Waals surface area (Å²) in [7, 11) is 0. The van der Waals surface area contributed by atoms with Crippen molar-refractivity contribution in [3.8, 4) is 0 Å². The minimum Gasteiger partial charge on any atom is -0.368 e. The fourth-order valence-corrected chi connectivity index (χ4v) is 2.32. The Balaban J connectivity index is 1.65. The molecule has 0 atom stereocenters. The highest BCUT2D eigenvalue weighted by Crippen LogP contribution is 2.18. The van der Waals surface area contributed by atoms with Crippen molar-refractivity contribution in [1.82, 2.24) is 9.97 Å². The van der Waals surface area contributed by atoms with Crippen LogP contribution in [0.15, 0.2) is 49.1 Å². The Morgan fingerprint density at radius 2 is 1.28 bits per heavy atom. The fourth-order valence-electron chi connectivity index (χ4n) is 2.32. The topological polar surface area (TPSA) is 32.3 Å². The first kappa shape index (κ1) is 11.0. The molecule has 4 nitrogen and oxygen atoms in total. The van der Waals surface area contributed by atoms with Gasteiger partial charge in [-0.1, -0.05) is 18.2 Å². The van der Waals surface area contributed by atoms with E-state index in [4.69, 9.17) is 0 Å². The van der Waals surface area contributed by atoms with Crippen LogP contribution in [0.2, 0.25) is 0 Å². The van der Waals surface area contributed by atoms with Gasteiger partial charge in [0.2, 0.25) is 0 Å².